The first-order valence-electron chi connectivity index (χ1n) is 9.81. The van der Waals surface area contributed by atoms with Crippen LogP contribution in [0.2, 0.25) is 0 Å². The molecule has 0 amide bonds. The van der Waals surface area contributed by atoms with Gasteiger partial charge >= 0.3 is 10.4 Å². The number of rotatable bonds is 16. The monoisotopic (exact) mass is 367 g/mol. The lowest BCUT2D eigenvalue weighted by molar-refractivity contribution is 0.381. The lowest BCUT2D eigenvalue weighted by Gasteiger charge is -2.03. The molecule has 0 aliphatic rings. The third-order valence-electron chi connectivity index (χ3n) is 4.06. The smallest absolute Gasteiger partial charge is 0.330 e. The molecular formula is C18H41NO4S. The maximum absolute atomic E-state index is 8.74. The van der Waals surface area contributed by atoms with E-state index < -0.39 is 10.4 Å². The van der Waals surface area contributed by atoms with E-state index in [1.54, 1.807) is 0 Å². The zero-order valence-corrected chi connectivity index (χ0v) is 16.5. The molecule has 0 fully saturated rings. The third-order valence-corrected chi connectivity index (χ3v) is 4.06. The number of nitrogens with two attached hydrogens (primary N) is 1. The summed E-state index contributed by atoms with van der Waals surface area (Å²) in [6.07, 6.45) is 22.9. The second-order valence-corrected chi connectivity index (χ2v) is 7.44. The van der Waals surface area contributed by atoms with Crippen molar-refractivity contribution in [1.82, 2.24) is 0 Å². The van der Waals surface area contributed by atoms with Crippen molar-refractivity contribution in [2.75, 3.05) is 6.54 Å². The van der Waals surface area contributed by atoms with Gasteiger partial charge in [0.05, 0.1) is 0 Å². The minimum Gasteiger partial charge on any atom is -0.330 e. The van der Waals surface area contributed by atoms with Gasteiger partial charge in [0.15, 0.2) is 0 Å². The second-order valence-electron chi connectivity index (χ2n) is 6.54. The van der Waals surface area contributed by atoms with E-state index in [0.29, 0.717) is 0 Å². The highest BCUT2D eigenvalue weighted by atomic mass is 32.3. The SMILES string of the molecule is CCCCCCCCCCCCCCCCCCN.O=S(=O)(O)O. The Bertz CT molecular complexity index is 297. The van der Waals surface area contributed by atoms with Crippen molar-refractivity contribution in [1.29, 1.82) is 0 Å². The van der Waals surface area contributed by atoms with Crippen molar-refractivity contribution in [3.05, 3.63) is 0 Å². The molecule has 0 aromatic carbocycles. The average molecular weight is 368 g/mol. The van der Waals surface area contributed by atoms with Gasteiger partial charge in [-0.1, -0.05) is 103 Å². The van der Waals surface area contributed by atoms with Gasteiger partial charge < -0.3 is 5.73 Å². The van der Waals surface area contributed by atoms with E-state index in [-0.39, 0.29) is 0 Å². The Labute approximate surface area is 150 Å². The van der Waals surface area contributed by atoms with Gasteiger partial charge in [0.2, 0.25) is 0 Å². The molecule has 0 unspecified atom stereocenters. The third kappa shape index (κ3) is 37.8. The van der Waals surface area contributed by atoms with Crippen LogP contribution in [-0.4, -0.2) is 24.1 Å². The van der Waals surface area contributed by atoms with E-state index in [1.165, 1.54) is 103 Å². The van der Waals surface area contributed by atoms with E-state index in [4.69, 9.17) is 23.3 Å². The Morgan fingerprint density at radius 1 is 0.583 bits per heavy atom. The molecule has 5 nitrogen and oxygen atoms in total. The molecule has 0 aromatic rings. The summed E-state index contributed by atoms with van der Waals surface area (Å²) in [6.45, 7) is 3.16. The highest BCUT2D eigenvalue weighted by Gasteiger charge is 1.94. The van der Waals surface area contributed by atoms with Gasteiger partial charge in [-0.2, -0.15) is 8.42 Å². The van der Waals surface area contributed by atoms with Crippen LogP contribution in [0.5, 0.6) is 0 Å². The van der Waals surface area contributed by atoms with Crippen LogP contribution < -0.4 is 5.73 Å². The van der Waals surface area contributed by atoms with Crippen LogP contribution in [0.1, 0.15) is 110 Å². The van der Waals surface area contributed by atoms with Crippen LogP contribution in [-0.2, 0) is 10.4 Å². The number of hydrogen-bond donors (Lipinski definition) is 3. The zero-order chi connectivity index (χ0) is 18.5. The molecule has 0 aromatic heterocycles. The van der Waals surface area contributed by atoms with Gasteiger partial charge in [-0.15, -0.1) is 0 Å². The summed E-state index contributed by atoms with van der Waals surface area (Å²) < 4.78 is 31.6. The van der Waals surface area contributed by atoms with Gasteiger partial charge in [0.25, 0.3) is 0 Å². The minimum atomic E-state index is -4.67. The second kappa shape index (κ2) is 20.9. The van der Waals surface area contributed by atoms with Crippen molar-refractivity contribution >= 4 is 10.4 Å². The van der Waals surface area contributed by atoms with E-state index >= 15 is 0 Å². The van der Waals surface area contributed by atoms with E-state index in [1.807, 2.05) is 0 Å². The van der Waals surface area contributed by atoms with Crippen LogP contribution in [0.25, 0.3) is 0 Å². The van der Waals surface area contributed by atoms with Crippen LogP contribution in [0.4, 0.5) is 0 Å². The standard InChI is InChI=1S/C18H39N.H2O4S/c1-2-3-4-5-6-7-8-9-10-11-12-13-14-15-16-17-18-19;1-5(2,3)4/h2-19H2,1H3;(H2,1,2,3,4). The Morgan fingerprint density at radius 3 is 1.00 bits per heavy atom. The molecule has 0 saturated carbocycles. The first-order valence-corrected chi connectivity index (χ1v) is 11.2. The Hall–Kier alpha value is -0.170. The molecule has 0 bridgehead atoms. The molecule has 0 aliphatic carbocycles. The van der Waals surface area contributed by atoms with Gasteiger partial charge in [0.1, 0.15) is 0 Å². The summed E-state index contributed by atoms with van der Waals surface area (Å²) in [6, 6.07) is 0. The van der Waals surface area contributed by atoms with E-state index in [9.17, 15) is 0 Å². The van der Waals surface area contributed by atoms with E-state index in [2.05, 4.69) is 6.92 Å². The summed E-state index contributed by atoms with van der Waals surface area (Å²) in [7, 11) is -4.67. The summed E-state index contributed by atoms with van der Waals surface area (Å²) in [5.74, 6) is 0. The molecule has 0 rings (SSSR count). The number of unbranched alkanes of at least 4 members (excludes halogenated alkanes) is 15. The lowest BCUT2D eigenvalue weighted by atomic mass is 10.0. The van der Waals surface area contributed by atoms with Gasteiger partial charge in [-0.05, 0) is 13.0 Å². The molecule has 0 aliphatic heterocycles. The lowest BCUT2D eigenvalue weighted by Crippen LogP contribution is -1.97. The highest BCUT2D eigenvalue weighted by Crippen LogP contribution is 2.13. The molecule has 0 spiro atoms. The minimum absolute atomic E-state index is 0.873. The quantitative estimate of drug-likeness (QED) is 0.245. The molecule has 0 heterocycles. The predicted molar refractivity (Wildman–Crippen MR) is 103 cm³/mol. The van der Waals surface area contributed by atoms with Crippen molar-refractivity contribution < 1.29 is 17.5 Å². The van der Waals surface area contributed by atoms with Crippen molar-refractivity contribution in [2.45, 2.75) is 110 Å². The molecule has 0 radical (unpaired) electrons. The molecule has 6 heteroatoms. The normalized spacial score (nSPS) is 11.2. The van der Waals surface area contributed by atoms with Crippen LogP contribution in [0.3, 0.4) is 0 Å². The molecule has 148 valence electrons. The van der Waals surface area contributed by atoms with Crippen molar-refractivity contribution in [3.8, 4) is 0 Å². The molecular weight excluding hydrogens is 326 g/mol. The molecule has 24 heavy (non-hydrogen) atoms. The first-order chi connectivity index (χ1) is 11.4. The number of hydrogen-bond acceptors (Lipinski definition) is 3. The fourth-order valence-corrected chi connectivity index (χ4v) is 2.69. The fourth-order valence-electron chi connectivity index (χ4n) is 2.69. The fraction of sp³-hybridized carbons (Fsp3) is 1.00. The Morgan fingerprint density at radius 2 is 0.792 bits per heavy atom. The zero-order valence-electron chi connectivity index (χ0n) is 15.7. The summed E-state index contributed by atoms with van der Waals surface area (Å²) in [4.78, 5) is 0. The van der Waals surface area contributed by atoms with Crippen molar-refractivity contribution in [3.63, 3.8) is 0 Å². The van der Waals surface area contributed by atoms with Crippen molar-refractivity contribution in [2.24, 2.45) is 5.73 Å². The van der Waals surface area contributed by atoms with Gasteiger partial charge in [-0.25, -0.2) is 0 Å². The summed E-state index contributed by atoms with van der Waals surface area (Å²) in [5.41, 5.74) is 5.48. The first kappa shape index (κ1) is 26.1. The average Bonchev–Trinajstić information content (AvgIpc) is 2.49. The molecule has 0 saturated heterocycles. The highest BCUT2D eigenvalue weighted by molar-refractivity contribution is 7.79. The van der Waals surface area contributed by atoms with Crippen LogP contribution in [0, 0.1) is 0 Å². The summed E-state index contributed by atoms with van der Waals surface area (Å²) in [5, 5.41) is 0. The maximum Gasteiger partial charge on any atom is 0.394 e. The molecule has 4 N–H and O–H groups in total. The largest absolute Gasteiger partial charge is 0.394 e. The maximum atomic E-state index is 8.74. The van der Waals surface area contributed by atoms with Gasteiger partial charge in [-0.3, -0.25) is 9.11 Å². The topological polar surface area (TPSA) is 101 Å². The predicted octanol–water partition coefficient (Wildman–Crippen LogP) is 5.55. The summed E-state index contributed by atoms with van der Waals surface area (Å²) >= 11 is 0. The Balaban J connectivity index is 0. The van der Waals surface area contributed by atoms with Crippen LogP contribution >= 0.6 is 0 Å². The van der Waals surface area contributed by atoms with E-state index in [0.717, 1.165) is 6.54 Å². The Kier molecular flexibility index (Phi) is 22.7. The van der Waals surface area contributed by atoms with Crippen LogP contribution in [0.15, 0.2) is 0 Å². The van der Waals surface area contributed by atoms with Gasteiger partial charge in [0, 0.05) is 0 Å². The molecule has 0 atom stereocenters.